The quantitative estimate of drug-likeness (QED) is 0.335. The van der Waals surface area contributed by atoms with Crippen LogP contribution in [0.3, 0.4) is 0 Å². The first-order chi connectivity index (χ1) is 10.1. The second-order valence-electron chi connectivity index (χ2n) is 3.91. The van der Waals surface area contributed by atoms with Crippen LogP contribution in [0, 0.1) is 21.6 Å². The minimum absolute atomic E-state index is 0.0310. The number of non-ortho nitro benzene ring substituents is 1. The largest absolute Gasteiger partial charge is 0.591 e. The zero-order chi connectivity index (χ0) is 15.7. The molecule has 7 heteroatoms. The van der Waals surface area contributed by atoms with Crippen molar-refractivity contribution in [1.82, 2.24) is 0 Å². The predicted molar refractivity (Wildman–Crippen MR) is 80.6 cm³/mol. The first kappa shape index (κ1) is 17.3. The molecule has 0 atom stereocenters. The third-order valence-electron chi connectivity index (χ3n) is 2.44. The van der Waals surface area contributed by atoms with Crippen LogP contribution >= 0.6 is 0 Å². The fourth-order valence-corrected chi connectivity index (χ4v) is 3.52. The van der Waals surface area contributed by atoms with Crippen molar-refractivity contribution in [1.29, 1.82) is 0 Å². The fraction of sp³-hybridized carbons (Fsp3) is 0.429. The maximum absolute atomic E-state index is 10.6. The van der Waals surface area contributed by atoms with Crippen LogP contribution in [0.4, 0.5) is 5.69 Å². The van der Waals surface area contributed by atoms with E-state index in [4.69, 9.17) is 13.3 Å². The summed E-state index contributed by atoms with van der Waals surface area (Å²) < 4.78 is 16.8. The molecule has 6 nitrogen and oxygen atoms in total. The summed E-state index contributed by atoms with van der Waals surface area (Å²) in [4.78, 5) is 10.2. The lowest BCUT2D eigenvalue weighted by Gasteiger charge is -2.22. The van der Waals surface area contributed by atoms with Crippen molar-refractivity contribution in [2.24, 2.45) is 0 Å². The highest BCUT2D eigenvalue weighted by atomic mass is 28.4. The summed E-state index contributed by atoms with van der Waals surface area (Å²) in [6.07, 6.45) is 0. The fourth-order valence-electron chi connectivity index (χ4n) is 1.62. The summed E-state index contributed by atoms with van der Waals surface area (Å²) in [7, 11) is -3.01. The van der Waals surface area contributed by atoms with E-state index in [0.717, 1.165) is 0 Å². The highest BCUT2D eigenvalue weighted by molar-refractivity contribution is 6.69. The van der Waals surface area contributed by atoms with E-state index in [0.29, 0.717) is 25.4 Å². The number of hydrogen-bond acceptors (Lipinski definition) is 5. The van der Waals surface area contributed by atoms with Crippen molar-refractivity contribution < 1.29 is 18.2 Å². The average Bonchev–Trinajstić information content (AvgIpc) is 2.46. The van der Waals surface area contributed by atoms with Gasteiger partial charge in [0, 0.05) is 37.5 Å². The van der Waals surface area contributed by atoms with Crippen molar-refractivity contribution in [2.45, 2.75) is 20.8 Å². The summed E-state index contributed by atoms with van der Waals surface area (Å²) in [6.45, 7) is 6.90. The zero-order valence-electron chi connectivity index (χ0n) is 12.4. The normalized spacial score (nSPS) is 10.8. The molecule has 0 radical (unpaired) electrons. The lowest BCUT2D eigenvalue weighted by atomic mass is 10.2. The van der Waals surface area contributed by atoms with Crippen LogP contribution in [0.5, 0.6) is 0 Å². The van der Waals surface area contributed by atoms with E-state index in [9.17, 15) is 10.1 Å². The molecule has 0 saturated carbocycles. The van der Waals surface area contributed by atoms with E-state index < -0.39 is 13.7 Å². The van der Waals surface area contributed by atoms with Crippen LogP contribution < -0.4 is 0 Å². The van der Waals surface area contributed by atoms with Gasteiger partial charge in [-0.2, -0.15) is 0 Å². The van der Waals surface area contributed by atoms with Gasteiger partial charge in [-0.1, -0.05) is 5.92 Å². The van der Waals surface area contributed by atoms with E-state index in [1.54, 1.807) is 12.1 Å². The summed E-state index contributed by atoms with van der Waals surface area (Å²) in [5, 5.41) is 10.6. The molecule has 1 aromatic carbocycles. The zero-order valence-corrected chi connectivity index (χ0v) is 13.4. The van der Waals surface area contributed by atoms with Gasteiger partial charge in [-0.15, -0.1) is 0 Å². The van der Waals surface area contributed by atoms with Crippen LogP contribution in [-0.4, -0.2) is 33.5 Å². The second-order valence-corrected chi connectivity index (χ2v) is 6.14. The van der Waals surface area contributed by atoms with Crippen LogP contribution in [0.15, 0.2) is 24.3 Å². The standard InChI is InChI=1S/C14H19NO5Si/c1-4-18-21(19-5-2,20-6-3)12-11-13-7-9-14(10-8-13)15(16)17/h7-10H,4-6H2,1-3H3. The summed E-state index contributed by atoms with van der Waals surface area (Å²) in [6, 6.07) is 6.01. The monoisotopic (exact) mass is 309 g/mol. The minimum atomic E-state index is -3.01. The molecule has 0 saturated heterocycles. The molecule has 0 aliphatic rings. The molecular formula is C14H19NO5Si. The maximum atomic E-state index is 10.6. The second kappa shape index (κ2) is 8.54. The van der Waals surface area contributed by atoms with Crippen LogP contribution in [-0.2, 0) is 13.3 Å². The Kier molecular flexibility index (Phi) is 7.05. The van der Waals surface area contributed by atoms with E-state index in [1.165, 1.54) is 12.1 Å². The molecule has 114 valence electrons. The molecule has 0 unspecified atom stereocenters. The summed E-state index contributed by atoms with van der Waals surface area (Å²) in [5.74, 6) is 2.92. The van der Waals surface area contributed by atoms with E-state index in [2.05, 4.69) is 11.5 Å². The van der Waals surface area contributed by atoms with Gasteiger partial charge in [0.25, 0.3) is 5.69 Å². The molecule has 1 rings (SSSR count). The van der Waals surface area contributed by atoms with Gasteiger partial charge in [-0.3, -0.25) is 10.1 Å². The van der Waals surface area contributed by atoms with Crippen LogP contribution in [0.25, 0.3) is 0 Å². The summed E-state index contributed by atoms with van der Waals surface area (Å²) >= 11 is 0. The molecule has 0 fully saturated rings. The van der Waals surface area contributed by atoms with Gasteiger partial charge in [-0.05, 0) is 38.4 Å². The van der Waals surface area contributed by atoms with E-state index in [-0.39, 0.29) is 5.69 Å². The molecule has 0 heterocycles. The van der Waals surface area contributed by atoms with Crippen molar-refractivity contribution in [3.63, 3.8) is 0 Å². The van der Waals surface area contributed by atoms with Crippen molar-refractivity contribution in [2.75, 3.05) is 19.8 Å². The topological polar surface area (TPSA) is 70.8 Å². The molecule has 0 aliphatic heterocycles. The number of nitrogens with zero attached hydrogens (tertiary/aromatic N) is 1. The molecular weight excluding hydrogens is 290 g/mol. The van der Waals surface area contributed by atoms with E-state index in [1.807, 2.05) is 20.8 Å². The number of hydrogen-bond donors (Lipinski definition) is 0. The molecule has 0 N–H and O–H groups in total. The smallest absolute Gasteiger partial charge is 0.364 e. The van der Waals surface area contributed by atoms with Crippen LogP contribution in [0.2, 0.25) is 0 Å². The van der Waals surface area contributed by atoms with E-state index >= 15 is 0 Å². The lowest BCUT2D eigenvalue weighted by Crippen LogP contribution is -2.45. The first-order valence-corrected chi connectivity index (χ1v) is 8.48. The minimum Gasteiger partial charge on any atom is -0.364 e. The maximum Gasteiger partial charge on any atom is 0.591 e. The molecule has 0 spiro atoms. The Balaban J connectivity index is 2.99. The Morgan fingerprint density at radius 3 is 1.90 bits per heavy atom. The number of nitro benzene ring substituents is 1. The van der Waals surface area contributed by atoms with Gasteiger partial charge in [0.15, 0.2) is 0 Å². The molecule has 0 amide bonds. The molecule has 0 aromatic heterocycles. The number of benzene rings is 1. The van der Waals surface area contributed by atoms with Gasteiger partial charge in [0.2, 0.25) is 0 Å². The Bertz CT molecular complexity index is 503. The van der Waals surface area contributed by atoms with Gasteiger partial charge in [-0.25, -0.2) is 0 Å². The van der Waals surface area contributed by atoms with Crippen molar-refractivity contribution in [3.05, 3.63) is 39.9 Å². The Hall–Kier alpha value is -1.72. The third-order valence-corrected chi connectivity index (χ3v) is 4.88. The third kappa shape index (κ3) is 5.28. The Morgan fingerprint density at radius 2 is 1.52 bits per heavy atom. The highest BCUT2D eigenvalue weighted by Crippen LogP contribution is 2.12. The Labute approximate surface area is 125 Å². The molecule has 0 aliphatic carbocycles. The van der Waals surface area contributed by atoms with Gasteiger partial charge in [0.05, 0.1) is 4.92 Å². The highest BCUT2D eigenvalue weighted by Gasteiger charge is 2.39. The van der Waals surface area contributed by atoms with Crippen LogP contribution in [0.1, 0.15) is 26.3 Å². The summed E-state index contributed by atoms with van der Waals surface area (Å²) in [5.41, 5.74) is 3.63. The Morgan fingerprint density at radius 1 is 1.05 bits per heavy atom. The first-order valence-electron chi connectivity index (χ1n) is 6.76. The lowest BCUT2D eigenvalue weighted by molar-refractivity contribution is -0.384. The number of nitro groups is 1. The predicted octanol–water partition coefficient (Wildman–Crippen LogP) is 2.53. The molecule has 0 bridgehead atoms. The average molecular weight is 309 g/mol. The van der Waals surface area contributed by atoms with Gasteiger partial charge in [0.1, 0.15) is 0 Å². The van der Waals surface area contributed by atoms with Gasteiger partial charge < -0.3 is 13.3 Å². The number of rotatable bonds is 7. The van der Waals surface area contributed by atoms with Gasteiger partial charge >= 0.3 is 8.80 Å². The SMILES string of the molecule is CCO[Si](C#Cc1ccc([N+](=O)[O-])cc1)(OCC)OCC. The molecule has 1 aromatic rings. The van der Waals surface area contributed by atoms with Crippen molar-refractivity contribution >= 4 is 14.5 Å². The molecule has 21 heavy (non-hydrogen) atoms. The van der Waals surface area contributed by atoms with Crippen molar-refractivity contribution in [3.8, 4) is 11.5 Å².